The van der Waals surface area contributed by atoms with Crippen LogP contribution in [0.15, 0.2) is 48.5 Å². The van der Waals surface area contributed by atoms with E-state index in [1.54, 1.807) is 0 Å². The second-order valence-electron chi connectivity index (χ2n) is 9.79. The highest BCUT2D eigenvalue weighted by Crippen LogP contribution is 2.47. The molecule has 2 fully saturated rings. The average molecular weight is 464 g/mol. The van der Waals surface area contributed by atoms with Gasteiger partial charge in [0, 0.05) is 0 Å². The maximum atomic E-state index is 9.76. The molecular formula is C29H37NS2. The van der Waals surface area contributed by atoms with Crippen LogP contribution < -0.4 is 0 Å². The fourth-order valence-corrected chi connectivity index (χ4v) is 8.49. The molecule has 1 aliphatic carbocycles. The van der Waals surface area contributed by atoms with Crippen molar-refractivity contribution in [1.82, 2.24) is 0 Å². The molecule has 1 aliphatic heterocycles. The minimum Gasteiger partial charge on any atom is -0.198 e. The SMILES string of the molecule is CCCCC1(C#N)CCC(c2ccc(-c3ccc(C4SCC(CC)CS4)cc3)cc2)CC1. The molecule has 3 heteroatoms. The molecule has 0 aromatic heterocycles. The molecule has 0 atom stereocenters. The van der Waals surface area contributed by atoms with Crippen LogP contribution in [-0.4, -0.2) is 11.5 Å². The lowest BCUT2D eigenvalue weighted by atomic mass is 9.67. The number of hydrogen-bond donors (Lipinski definition) is 0. The normalized spacial score (nSPS) is 28.2. The number of unbranched alkanes of at least 4 members (excludes halogenated alkanes) is 1. The molecule has 1 heterocycles. The average Bonchev–Trinajstić information content (AvgIpc) is 2.88. The molecular weight excluding hydrogens is 426 g/mol. The highest BCUT2D eigenvalue weighted by atomic mass is 32.2. The maximum Gasteiger partial charge on any atom is 0.0751 e. The van der Waals surface area contributed by atoms with Gasteiger partial charge in [-0.3, -0.25) is 0 Å². The fraction of sp³-hybridized carbons (Fsp3) is 0.552. The molecule has 0 unspecified atom stereocenters. The lowest BCUT2D eigenvalue weighted by Crippen LogP contribution is -2.25. The van der Waals surface area contributed by atoms with Gasteiger partial charge in [0.05, 0.1) is 16.1 Å². The zero-order valence-corrected chi connectivity index (χ0v) is 21.3. The standard InChI is InChI=1S/C29H37NS2/c1-3-5-16-29(21-30)17-14-26(15-18-29)25-8-6-23(7-9-25)24-10-12-27(13-11-24)28-31-19-22(4-2)20-32-28/h6-13,22,26,28H,3-5,14-20H2,1-2H3. The van der Waals surface area contributed by atoms with Crippen LogP contribution in [0.4, 0.5) is 0 Å². The molecule has 32 heavy (non-hydrogen) atoms. The van der Waals surface area contributed by atoms with E-state index in [1.807, 2.05) is 0 Å². The number of nitriles is 1. The molecule has 1 saturated carbocycles. The van der Waals surface area contributed by atoms with Crippen molar-refractivity contribution in [3.8, 4) is 17.2 Å². The summed E-state index contributed by atoms with van der Waals surface area (Å²) in [6.45, 7) is 4.54. The van der Waals surface area contributed by atoms with Crippen LogP contribution >= 0.6 is 23.5 Å². The van der Waals surface area contributed by atoms with Gasteiger partial charge >= 0.3 is 0 Å². The first-order valence-corrected chi connectivity index (χ1v) is 14.6. The smallest absolute Gasteiger partial charge is 0.0751 e. The lowest BCUT2D eigenvalue weighted by Gasteiger charge is -2.35. The minimum absolute atomic E-state index is 0.0550. The van der Waals surface area contributed by atoms with E-state index in [0.717, 1.165) is 38.0 Å². The summed E-state index contributed by atoms with van der Waals surface area (Å²) in [5.41, 5.74) is 5.47. The molecule has 0 radical (unpaired) electrons. The van der Waals surface area contributed by atoms with Gasteiger partial charge in [0.15, 0.2) is 0 Å². The van der Waals surface area contributed by atoms with Gasteiger partial charge in [0.2, 0.25) is 0 Å². The topological polar surface area (TPSA) is 23.8 Å². The second-order valence-corrected chi connectivity index (χ2v) is 12.4. The quantitative estimate of drug-likeness (QED) is 0.409. The van der Waals surface area contributed by atoms with E-state index in [1.165, 1.54) is 53.0 Å². The molecule has 4 rings (SSSR count). The van der Waals surface area contributed by atoms with Crippen molar-refractivity contribution < 1.29 is 0 Å². The van der Waals surface area contributed by atoms with Crippen LogP contribution in [0.5, 0.6) is 0 Å². The van der Waals surface area contributed by atoms with Crippen molar-refractivity contribution in [2.24, 2.45) is 11.3 Å². The molecule has 2 aliphatic rings. The fourth-order valence-electron chi connectivity index (χ4n) is 5.19. The molecule has 0 amide bonds. The Balaban J connectivity index is 1.35. The third-order valence-electron chi connectivity index (χ3n) is 7.63. The Kier molecular flexibility index (Phi) is 8.30. The second kappa shape index (κ2) is 11.2. The Morgan fingerprint density at radius 1 is 0.875 bits per heavy atom. The zero-order valence-electron chi connectivity index (χ0n) is 19.7. The number of thioether (sulfide) groups is 2. The van der Waals surface area contributed by atoms with Crippen LogP contribution in [0.1, 0.15) is 86.8 Å². The van der Waals surface area contributed by atoms with Crippen LogP contribution in [-0.2, 0) is 0 Å². The highest BCUT2D eigenvalue weighted by Gasteiger charge is 2.35. The van der Waals surface area contributed by atoms with Crippen LogP contribution in [0.3, 0.4) is 0 Å². The molecule has 2 aromatic rings. The summed E-state index contributed by atoms with van der Waals surface area (Å²) in [5.74, 6) is 4.09. The Hall–Kier alpha value is -1.37. The van der Waals surface area contributed by atoms with Crippen molar-refractivity contribution in [3.63, 3.8) is 0 Å². The van der Waals surface area contributed by atoms with Crippen LogP contribution in [0.2, 0.25) is 0 Å². The maximum absolute atomic E-state index is 9.76. The van der Waals surface area contributed by atoms with Crippen LogP contribution in [0.25, 0.3) is 11.1 Å². The first kappa shape index (κ1) is 23.8. The lowest BCUT2D eigenvalue weighted by molar-refractivity contribution is 0.224. The van der Waals surface area contributed by atoms with E-state index in [9.17, 15) is 5.26 Å². The van der Waals surface area contributed by atoms with E-state index in [2.05, 4.69) is 92.0 Å². The Bertz CT molecular complexity index is 880. The first-order valence-electron chi connectivity index (χ1n) is 12.5. The van der Waals surface area contributed by atoms with Gasteiger partial charge in [-0.25, -0.2) is 0 Å². The summed E-state index contributed by atoms with van der Waals surface area (Å²) in [7, 11) is 0. The van der Waals surface area contributed by atoms with Gasteiger partial charge < -0.3 is 0 Å². The van der Waals surface area contributed by atoms with Gasteiger partial charge in [-0.05, 0) is 77.7 Å². The van der Waals surface area contributed by atoms with Gasteiger partial charge in [-0.15, -0.1) is 23.5 Å². The minimum atomic E-state index is -0.0550. The van der Waals surface area contributed by atoms with E-state index >= 15 is 0 Å². The van der Waals surface area contributed by atoms with Crippen molar-refractivity contribution in [3.05, 3.63) is 59.7 Å². The van der Waals surface area contributed by atoms with E-state index in [-0.39, 0.29) is 5.41 Å². The largest absolute Gasteiger partial charge is 0.198 e. The highest BCUT2D eigenvalue weighted by molar-refractivity contribution is 8.16. The zero-order chi connectivity index (χ0) is 22.4. The third-order valence-corrected chi connectivity index (χ3v) is 10.9. The summed E-state index contributed by atoms with van der Waals surface area (Å²) >= 11 is 4.23. The molecule has 1 nitrogen and oxygen atoms in total. The molecule has 0 bridgehead atoms. The number of hydrogen-bond acceptors (Lipinski definition) is 3. The number of benzene rings is 2. The Morgan fingerprint density at radius 2 is 1.44 bits per heavy atom. The summed E-state index contributed by atoms with van der Waals surface area (Å²) in [6, 6.07) is 21.2. The molecule has 2 aromatic carbocycles. The van der Waals surface area contributed by atoms with Gasteiger partial charge in [0.25, 0.3) is 0 Å². The summed E-state index contributed by atoms with van der Waals surface area (Å²) in [4.78, 5) is 0. The number of nitrogens with zero attached hydrogens (tertiary/aromatic N) is 1. The Labute approximate surface area is 203 Å². The molecule has 0 N–H and O–H groups in total. The van der Waals surface area contributed by atoms with E-state index in [4.69, 9.17) is 0 Å². The van der Waals surface area contributed by atoms with Gasteiger partial charge in [-0.2, -0.15) is 5.26 Å². The monoisotopic (exact) mass is 463 g/mol. The predicted octanol–water partition coefficient (Wildman–Crippen LogP) is 9.22. The van der Waals surface area contributed by atoms with Crippen molar-refractivity contribution in [1.29, 1.82) is 5.26 Å². The van der Waals surface area contributed by atoms with Crippen molar-refractivity contribution in [2.75, 3.05) is 11.5 Å². The predicted molar refractivity (Wildman–Crippen MR) is 142 cm³/mol. The van der Waals surface area contributed by atoms with E-state index in [0.29, 0.717) is 10.5 Å². The van der Waals surface area contributed by atoms with Crippen LogP contribution in [0, 0.1) is 22.7 Å². The Morgan fingerprint density at radius 3 is 1.94 bits per heavy atom. The number of rotatable bonds is 7. The summed E-state index contributed by atoms with van der Waals surface area (Å²) < 4.78 is 0.596. The molecule has 170 valence electrons. The van der Waals surface area contributed by atoms with Crippen molar-refractivity contribution in [2.45, 2.75) is 75.7 Å². The summed E-state index contributed by atoms with van der Waals surface area (Å²) in [6.07, 6.45) is 9.19. The first-order chi connectivity index (χ1) is 15.7. The van der Waals surface area contributed by atoms with Gasteiger partial charge in [-0.1, -0.05) is 81.6 Å². The third kappa shape index (κ3) is 5.57. The van der Waals surface area contributed by atoms with E-state index < -0.39 is 0 Å². The summed E-state index contributed by atoms with van der Waals surface area (Å²) in [5, 5.41) is 9.76. The van der Waals surface area contributed by atoms with Gasteiger partial charge in [0.1, 0.15) is 0 Å². The molecule has 1 saturated heterocycles. The van der Waals surface area contributed by atoms with Crippen molar-refractivity contribution >= 4 is 23.5 Å². The molecule has 0 spiro atoms.